The van der Waals surface area contributed by atoms with Gasteiger partial charge in [0.1, 0.15) is 5.82 Å². The topological polar surface area (TPSA) is 63.6 Å². The van der Waals surface area contributed by atoms with Gasteiger partial charge in [0.2, 0.25) is 0 Å². The molecule has 1 N–H and O–H groups in total. The van der Waals surface area contributed by atoms with Crippen LogP contribution in [0.5, 0.6) is 0 Å². The third-order valence-electron chi connectivity index (χ3n) is 5.12. The molecule has 2 aromatic carbocycles. The second-order valence-electron chi connectivity index (χ2n) is 6.42. The van der Waals surface area contributed by atoms with Crippen LogP contribution in [0.4, 0.5) is 4.39 Å². The number of halogens is 1. The number of carbonyl (C=O) groups is 2. The van der Waals surface area contributed by atoms with Crippen molar-refractivity contribution in [3.8, 4) is 0 Å². The smallest absolute Gasteiger partial charge is 0.337 e. The van der Waals surface area contributed by atoms with Crippen LogP contribution in [-0.2, 0) is 14.9 Å². The van der Waals surface area contributed by atoms with E-state index in [1.54, 1.807) is 30.3 Å². The van der Waals surface area contributed by atoms with E-state index in [0.717, 1.165) is 5.56 Å². The van der Waals surface area contributed by atoms with Crippen LogP contribution in [0.15, 0.2) is 48.5 Å². The van der Waals surface area contributed by atoms with E-state index < -0.39 is 23.2 Å². The fourth-order valence-electron chi connectivity index (χ4n) is 3.74. The van der Waals surface area contributed by atoms with Crippen molar-refractivity contribution >= 4 is 11.9 Å². The Balaban J connectivity index is 1.89. The van der Waals surface area contributed by atoms with Crippen molar-refractivity contribution in [3.05, 3.63) is 71.0 Å². The van der Waals surface area contributed by atoms with Crippen LogP contribution in [-0.4, -0.2) is 24.2 Å². The summed E-state index contributed by atoms with van der Waals surface area (Å²) in [6.45, 7) is 0. The highest BCUT2D eigenvalue weighted by molar-refractivity contribution is 5.89. The van der Waals surface area contributed by atoms with Crippen molar-refractivity contribution in [1.29, 1.82) is 0 Å². The number of ether oxygens (including phenoxy) is 1. The SMILES string of the molecule is COC(=O)c1ccc([C@H]2CC[C@](C(=O)O)(c3ccccc3F)C2)cc1. The van der Waals surface area contributed by atoms with Gasteiger partial charge in [-0.1, -0.05) is 30.3 Å². The minimum Gasteiger partial charge on any atom is -0.481 e. The van der Waals surface area contributed by atoms with Gasteiger partial charge in [0, 0.05) is 5.56 Å². The lowest BCUT2D eigenvalue weighted by atomic mass is 9.77. The van der Waals surface area contributed by atoms with Crippen molar-refractivity contribution in [2.24, 2.45) is 0 Å². The Bertz CT molecular complexity index is 800. The molecule has 1 fully saturated rings. The Kier molecular flexibility index (Phi) is 4.57. The highest BCUT2D eigenvalue weighted by Gasteiger charge is 2.48. The fourth-order valence-corrected chi connectivity index (χ4v) is 3.74. The maximum absolute atomic E-state index is 14.2. The third kappa shape index (κ3) is 3.02. The number of hydrogen-bond acceptors (Lipinski definition) is 3. The first-order chi connectivity index (χ1) is 12.0. The van der Waals surface area contributed by atoms with Gasteiger partial charge < -0.3 is 9.84 Å². The molecule has 0 spiro atoms. The lowest BCUT2D eigenvalue weighted by molar-refractivity contribution is -0.143. The Morgan fingerprint density at radius 2 is 1.84 bits per heavy atom. The Labute approximate surface area is 145 Å². The molecular formula is C20H19FO4. The van der Waals surface area contributed by atoms with Crippen LogP contribution < -0.4 is 0 Å². The molecule has 0 amide bonds. The molecule has 4 nitrogen and oxygen atoms in total. The first-order valence-electron chi connectivity index (χ1n) is 8.14. The van der Waals surface area contributed by atoms with E-state index in [-0.39, 0.29) is 11.5 Å². The molecule has 130 valence electrons. The Morgan fingerprint density at radius 1 is 1.16 bits per heavy atom. The summed E-state index contributed by atoms with van der Waals surface area (Å²) in [5.74, 6) is -1.88. The number of benzene rings is 2. The van der Waals surface area contributed by atoms with Gasteiger partial charge >= 0.3 is 11.9 Å². The molecule has 3 rings (SSSR count). The molecule has 25 heavy (non-hydrogen) atoms. The predicted octanol–water partition coefficient (Wildman–Crippen LogP) is 3.90. The van der Waals surface area contributed by atoms with Crippen molar-refractivity contribution in [2.75, 3.05) is 7.11 Å². The minimum atomic E-state index is -1.21. The largest absolute Gasteiger partial charge is 0.481 e. The van der Waals surface area contributed by atoms with Gasteiger partial charge in [0.15, 0.2) is 0 Å². The summed E-state index contributed by atoms with van der Waals surface area (Å²) in [4.78, 5) is 23.5. The number of hydrogen-bond donors (Lipinski definition) is 1. The first-order valence-corrected chi connectivity index (χ1v) is 8.14. The van der Waals surface area contributed by atoms with E-state index in [1.165, 1.54) is 13.2 Å². The zero-order chi connectivity index (χ0) is 18.0. The number of aliphatic carboxylic acids is 1. The summed E-state index contributed by atoms with van der Waals surface area (Å²) < 4.78 is 18.9. The Morgan fingerprint density at radius 3 is 2.44 bits per heavy atom. The van der Waals surface area contributed by atoms with E-state index >= 15 is 0 Å². The molecular weight excluding hydrogens is 323 g/mol. The van der Waals surface area contributed by atoms with Crippen molar-refractivity contribution < 1.29 is 23.8 Å². The average molecular weight is 342 g/mol. The lowest BCUT2D eigenvalue weighted by Crippen LogP contribution is -2.34. The van der Waals surface area contributed by atoms with E-state index in [2.05, 4.69) is 4.74 Å². The molecule has 1 aliphatic carbocycles. The standard InChI is InChI=1S/C20H19FO4/c1-25-18(22)14-8-6-13(7-9-14)15-10-11-20(12-15,19(23)24)16-4-2-3-5-17(16)21/h2-9,15H,10-12H2,1H3,(H,23,24)/t15-,20+/m0/s1. The second-order valence-corrected chi connectivity index (χ2v) is 6.42. The van der Waals surface area contributed by atoms with Crippen molar-refractivity contribution in [2.45, 2.75) is 30.6 Å². The average Bonchev–Trinajstić information content (AvgIpc) is 3.08. The highest BCUT2D eigenvalue weighted by Crippen LogP contribution is 2.49. The molecule has 2 aromatic rings. The molecule has 0 radical (unpaired) electrons. The van der Waals surface area contributed by atoms with Crippen LogP contribution >= 0.6 is 0 Å². The first kappa shape index (κ1) is 17.1. The fraction of sp³-hybridized carbons (Fsp3) is 0.300. The number of carbonyl (C=O) groups excluding carboxylic acids is 1. The molecule has 0 unspecified atom stereocenters. The molecule has 0 bridgehead atoms. The van der Waals surface area contributed by atoms with Gasteiger partial charge in [-0.15, -0.1) is 0 Å². The van der Waals surface area contributed by atoms with Gasteiger partial charge in [0.05, 0.1) is 18.1 Å². The molecule has 0 saturated heterocycles. The van der Waals surface area contributed by atoms with E-state index in [9.17, 15) is 19.1 Å². The lowest BCUT2D eigenvalue weighted by Gasteiger charge is -2.25. The monoisotopic (exact) mass is 342 g/mol. The normalized spacial score (nSPS) is 22.6. The second kappa shape index (κ2) is 6.67. The number of carboxylic acids is 1. The summed E-state index contributed by atoms with van der Waals surface area (Å²) in [5, 5.41) is 9.83. The molecule has 0 aliphatic heterocycles. The molecule has 1 saturated carbocycles. The highest BCUT2D eigenvalue weighted by atomic mass is 19.1. The van der Waals surface area contributed by atoms with Crippen LogP contribution in [0.25, 0.3) is 0 Å². The van der Waals surface area contributed by atoms with Crippen LogP contribution in [0, 0.1) is 5.82 Å². The van der Waals surface area contributed by atoms with Crippen molar-refractivity contribution in [1.82, 2.24) is 0 Å². The maximum Gasteiger partial charge on any atom is 0.337 e. The number of rotatable bonds is 4. The van der Waals surface area contributed by atoms with Gasteiger partial charge in [-0.2, -0.15) is 0 Å². The summed E-state index contributed by atoms with van der Waals surface area (Å²) >= 11 is 0. The number of esters is 1. The van der Waals surface area contributed by atoms with Crippen molar-refractivity contribution in [3.63, 3.8) is 0 Å². The zero-order valence-electron chi connectivity index (χ0n) is 13.9. The molecule has 0 aromatic heterocycles. The third-order valence-corrected chi connectivity index (χ3v) is 5.12. The van der Waals surface area contributed by atoms with Crippen LogP contribution in [0.3, 0.4) is 0 Å². The molecule has 5 heteroatoms. The summed E-state index contributed by atoms with van der Waals surface area (Å²) in [7, 11) is 1.32. The van der Waals surface area contributed by atoms with Crippen LogP contribution in [0.1, 0.15) is 46.7 Å². The zero-order valence-corrected chi connectivity index (χ0v) is 13.9. The molecule has 2 atom stereocenters. The molecule has 1 aliphatic rings. The summed E-state index contributed by atoms with van der Waals surface area (Å²) in [6, 6.07) is 13.1. The quantitative estimate of drug-likeness (QED) is 0.856. The van der Waals surface area contributed by atoms with Gasteiger partial charge in [-0.05, 0) is 48.9 Å². The van der Waals surface area contributed by atoms with Gasteiger partial charge in [-0.3, -0.25) is 4.79 Å². The summed E-state index contributed by atoms with van der Waals surface area (Å²) in [6.07, 6.45) is 1.37. The Hall–Kier alpha value is -2.69. The number of carboxylic acid groups (broad SMARTS) is 1. The molecule has 0 heterocycles. The maximum atomic E-state index is 14.2. The van der Waals surface area contributed by atoms with E-state index in [4.69, 9.17) is 0 Å². The van der Waals surface area contributed by atoms with Crippen LogP contribution in [0.2, 0.25) is 0 Å². The van der Waals surface area contributed by atoms with E-state index in [1.807, 2.05) is 12.1 Å². The van der Waals surface area contributed by atoms with Gasteiger partial charge in [0.25, 0.3) is 0 Å². The van der Waals surface area contributed by atoms with E-state index in [0.29, 0.717) is 24.8 Å². The predicted molar refractivity (Wildman–Crippen MR) is 90.1 cm³/mol. The minimum absolute atomic E-state index is 0.00223. The summed E-state index contributed by atoms with van der Waals surface area (Å²) in [5.41, 5.74) is 0.433. The van der Waals surface area contributed by atoms with Gasteiger partial charge in [-0.25, -0.2) is 9.18 Å². The number of methoxy groups -OCH3 is 1.